The monoisotopic (exact) mass is 262 g/mol. The lowest BCUT2D eigenvalue weighted by Crippen LogP contribution is -2.11. The van der Waals surface area contributed by atoms with E-state index in [9.17, 15) is 0 Å². The van der Waals surface area contributed by atoms with Gasteiger partial charge in [-0.05, 0) is 52.1 Å². The van der Waals surface area contributed by atoms with Crippen LogP contribution in [0, 0.1) is 6.92 Å². The number of allylic oxidation sites excluding steroid dienone is 1. The molecule has 102 valence electrons. The number of rotatable bonds is 1. The van der Waals surface area contributed by atoms with Gasteiger partial charge in [-0.25, -0.2) is 0 Å². The van der Waals surface area contributed by atoms with Crippen LogP contribution < -0.4 is 0 Å². The molecule has 1 aliphatic carbocycles. The normalized spacial score (nSPS) is 14.1. The summed E-state index contributed by atoms with van der Waals surface area (Å²) in [6, 6.07) is 15.6. The highest BCUT2D eigenvalue weighted by atomic mass is 14.2. The molecule has 0 aromatic heterocycles. The van der Waals surface area contributed by atoms with Gasteiger partial charge in [-0.3, -0.25) is 0 Å². The summed E-state index contributed by atoms with van der Waals surface area (Å²) >= 11 is 0. The van der Waals surface area contributed by atoms with Gasteiger partial charge in [0.2, 0.25) is 0 Å². The maximum absolute atomic E-state index is 2.35. The first-order chi connectivity index (χ1) is 9.45. The molecule has 0 bridgehead atoms. The zero-order valence-corrected chi connectivity index (χ0v) is 12.8. The fourth-order valence-corrected chi connectivity index (χ4v) is 2.94. The van der Waals surface area contributed by atoms with E-state index >= 15 is 0 Å². The van der Waals surface area contributed by atoms with E-state index in [1.807, 2.05) is 0 Å². The predicted octanol–water partition coefficient (Wildman–Crippen LogP) is 5.39. The average molecular weight is 262 g/mol. The number of hydrogen-bond donors (Lipinski definition) is 0. The molecular weight excluding hydrogens is 240 g/mol. The summed E-state index contributed by atoms with van der Waals surface area (Å²) in [5.41, 5.74) is 8.68. The van der Waals surface area contributed by atoms with Crippen molar-refractivity contribution in [2.45, 2.75) is 39.5 Å². The van der Waals surface area contributed by atoms with E-state index in [4.69, 9.17) is 0 Å². The Labute approximate surface area is 122 Å². The van der Waals surface area contributed by atoms with Gasteiger partial charge >= 0.3 is 0 Å². The first-order valence-corrected chi connectivity index (χ1v) is 7.35. The Morgan fingerprint density at radius 3 is 2.35 bits per heavy atom. The quantitative estimate of drug-likeness (QED) is 0.646. The summed E-state index contributed by atoms with van der Waals surface area (Å²) in [6.45, 7) is 9.04. The van der Waals surface area contributed by atoms with E-state index in [0.29, 0.717) is 0 Å². The van der Waals surface area contributed by atoms with Crippen LogP contribution >= 0.6 is 0 Å². The molecule has 0 spiro atoms. The molecule has 0 N–H and O–H groups in total. The Morgan fingerprint density at radius 2 is 1.70 bits per heavy atom. The zero-order chi connectivity index (χ0) is 14.3. The highest BCUT2D eigenvalue weighted by Crippen LogP contribution is 2.34. The second kappa shape index (κ2) is 4.63. The fourth-order valence-electron chi connectivity index (χ4n) is 2.94. The van der Waals surface area contributed by atoms with E-state index in [1.165, 1.54) is 33.4 Å². The second-order valence-corrected chi connectivity index (χ2v) is 6.82. The molecule has 1 aliphatic rings. The maximum atomic E-state index is 2.35. The van der Waals surface area contributed by atoms with E-state index in [-0.39, 0.29) is 5.41 Å². The van der Waals surface area contributed by atoms with Gasteiger partial charge in [0.15, 0.2) is 0 Å². The van der Waals surface area contributed by atoms with Crippen molar-refractivity contribution in [2.75, 3.05) is 0 Å². The third-order valence-corrected chi connectivity index (χ3v) is 4.20. The van der Waals surface area contributed by atoms with Gasteiger partial charge in [0.25, 0.3) is 0 Å². The first-order valence-electron chi connectivity index (χ1n) is 7.35. The topological polar surface area (TPSA) is 0 Å². The predicted molar refractivity (Wildman–Crippen MR) is 87.9 cm³/mol. The largest absolute Gasteiger partial charge is 0.0619 e. The molecule has 20 heavy (non-hydrogen) atoms. The van der Waals surface area contributed by atoms with E-state index in [1.54, 1.807) is 0 Å². The molecular formula is C20H22. The molecule has 0 saturated heterocycles. The molecule has 0 aliphatic heterocycles. The van der Waals surface area contributed by atoms with Crippen LogP contribution in [-0.4, -0.2) is 0 Å². The lowest BCUT2D eigenvalue weighted by molar-refractivity contribution is 0.589. The first kappa shape index (κ1) is 13.2. The maximum Gasteiger partial charge on any atom is -0.00136 e. The highest BCUT2D eigenvalue weighted by molar-refractivity contribution is 5.89. The molecule has 0 amide bonds. The zero-order valence-electron chi connectivity index (χ0n) is 12.8. The van der Waals surface area contributed by atoms with Crippen LogP contribution in [-0.2, 0) is 11.8 Å². The smallest absolute Gasteiger partial charge is 0.00136 e. The standard InChI is InChI=1S/C20H22/c1-14-11-18(20(2,3)4)9-10-19(14)17-12-15-7-5-6-8-16(15)13-17/h5-12H,13H2,1-4H3. The molecule has 3 rings (SSSR count). The Hall–Kier alpha value is -1.82. The van der Waals surface area contributed by atoms with Crippen LogP contribution in [0.5, 0.6) is 0 Å². The van der Waals surface area contributed by atoms with E-state index < -0.39 is 0 Å². The number of aryl methyl sites for hydroxylation is 1. The van der Waals surface area contributed by atoms with Gasteiger partial charge in [-0.1, -0.05) is 69.3 Å². The van der Waals surface area contributed by atoms with Crippen molar-refractivity contribution in [3.05, 3.63) is 70.3 Å². The lowest BCUT2D eigenvalue weighted by atomic mass is 9.84. The van der Waals surface area contributed by atoms with Crippen molar-refractivity contribution in [3.8, 4) is 0 Å². The minimum Gasteiger partial charge on any atom is -0.0619 e. The molecule has 0 radical (unpaired) electrons. The Balaban J connectivity index is 1.98. The van der Waals surface area contributed by atoms with Crippen molar-refractivity contribution < 1.29 is 0 Å². The van der Waals surface area contributed by atoms with Gasteiger partial charge in [0.05, 0.1) is 0 Å². The molecule has 0 fully saturated rings. The van der Waals surface area contributed by atoms with Crippen LogP contribution in [0.15, 0.2) is 42.5 Å². The fraction of sp³-hybridized carbons (Fsp3) is 0.300. The summed E-state index contributed by atoms with van der Waals surface area (Å²) in [7, 11) is 0. The highest BCUT2D eigenvalue weighted by Gasteiger charge is 2.18. The summed E-state index contributed by atoms with van der Waals surface area (Å²) in [5.74, 6) is 0. The molecule has 2 aromatic rings. The van der Waals surface area contributed by atoms with Gasteiger partial charge in [-0.2, -0.15) is 0 Å². The summed E-state index contributed by atoms with van der Waals surface area (Å²) < 4.78 is 0. The van der Waals surface area contributed by atoms with Gasteiger partial charge < -0.3 is 0 Å². The van der Waals surface area contributed by atoms with Gasteiger partial charge in [0, 0.05) is 0 Å². The van der Waals surface area contributed by atoms with Crippen molar-refractivity contribution >= 4 is 11.6 Å². The van der Waals surface area contributed by atoms with Crippen LogP contribution in [0.4, 0.5) is 0 Å². The molecule has 0 nitrogen and oxygen atoms in total. The second-order valence-electron chi connectivity index (χ2n) is 6.82. The Bertz CT molecular complexity index is 681. The van der Waals surface area contributed by atoms with Crippen LogP contribution in [0.1, 0.15) is 48.6 Å². The summed E-state index contributed by atoms with van der Waals surface area (Å²) in [6.07, 6.45) is 3.40. The minimum atomic E-state index is 0.219. The van der Waals surface area contributed by atoms with Crippen molar-refractivity contribution in [1.82, 2.24) is 0 Å². The minimum absolute atomic E-state index is 0.219. The van der Waals surface area contributed by atoms with Crippen molar-refractivity contribution in [1.29, 1.82) is 0 Å². The lowest BCUT2D eigenvalue weighted by Gasteiger charge is -2.21. The van der Waals surface area contributed by atoms with Gasteiger partial charge in [0.1, 0.15) is 0 Å². The third kappa shape index (κ3) is 2.31. The Morgan fingerprint density at radius 1 is 0.950 bits per heavy atom. The number of fused-ring (bicyclic) bond motifs is 1. The molecule has 0 heterocycles. The SMILES string of the molecule is Cc1cc(C(C)(C)C)ccc1C1=Cc2ccccc2C1. The summed E-state index contributed by atoms with van der Waals surface area (Å²) in [5, 5.41) is 0. The third-order valence-electron chi connectivity index (χ3n) is 4.20. The molecule has 0 heteroatoms. The van der Waals surface area contributed by atoms with Crippen molar-refractivity contribution in [2.24, 2.45) is 0 Å². The van der Waals surface area contributed by atoms with E-state index in [2.05, 4.69) is 76.2 Å². The van der Waals surface area contributed by atoms with Crippen molar-refractivity contribution in [3.63, 3.8) is 0 Å². The molecule has 0 saturated carbocycles. The van der Waals surface area contributed by atoms with Crippen LogP contribution in [0.2, 0.25) is 0 Å². The molecule has 0 atom stereocenters. The van der Waals surface area contributed by atoms with Crippen LogP contribution in [0.25, 0.3) is 11.6 Å². The average Bonchev–Trinajstić information content (AvgIpc) is 2.80. The van der Waals surface area contributed by atoms with Gasteiger partial charge in [-0.15, -0.1) is 0 Å². The Kier molecular flexibility index (Phi) is 3.05. The molecule has 0 unspecified atom stereocenters. The number of hydrogen-bond acceptors (Lipinski definition) is 0. The molecule has 2 aromatic carbocycles. The summed E-state index contributed by atoms with van der Waals surface area (Å²) in [4.78, 5) is 0. The van der Waals surface area contributed by atoms with E-state index in [0.717, 1.165) is 6.42 Å². The number of benzene rings is 2. The van der Waals surface area contributed by atoms with Crippen LogP contribution in [0.3, 0.4) is 0 Å².